The first-order valence-corrected chi connectivity index (χ1v) is 12.8. The van der Waals surface area contributed by atoms with Crippen molar-refractivity contribution in [1.29, 1.82) is 0 Å². The monoisotopic (exact) mass is 495 g/mol. The minimum Gasteiger partial charge on any atom is -0.464 e. The summed E-state index contributed by atoms with van der Waals surface area (Å²) in [7, 11) is -3.99. The van der Waals surface area contributed by atoms with E-state index in [-0.39, 0.29) is 31.1 Å². The third-order valence-corrected chi connectivity index (χ3v) is 8.05. The number of aryl methyl sites for hydroxylation is 2. The van der Waals surface area contributed by atoms with Gasteiger partial charge in [0.25, 0.3) is 0 Å². The number of rotatable bonds is 7. The smallest absolute Gasteiger partial charge is 0.247 e. The van der Waals surface area contributed by atoms with Crippen LogP contribution in [-0.2, 0) is 32.7 Å². The highest BCUT2D eigenvalue weighted by Crippen LogP contribution is 2.30. The molecule has 1 saturated heterocycles. The highest BCUT2D eigenvalue weighted by molar-refractivity contribution is 7.89. The van der Waals surface area contributed by atoms with Crippen molar-refractivity contribution in [2.24, 2.45) is 0 Å². The fourth-order valence-electron chi connectivity index (χ4n) is 4.18. The maximum Gasteiger partial charge on any atom is 0.247 e. The van der Waals surface area contributed by atoms with Gasteiger partial charge in [-0.15, -0.1) is 0 Å². The van der Waals surface area contributed by atoms with Crippen LogP contribution < -0.4 is 5.32 Å². The van der Waals surface area contributed by atoms with E-state index in [2.05, 4.69) is 5.32 Å². The Balaban J connectivity index is 1.65. The molecular formula is C26H29N3O5S. The molecule has 3 aromatic rings. The molecule has 4 rings (SSSR count). The van der Waals surface area contributed by atoms with Gasteiger partial charge in [0.2, 0.25) is 21.8 Å². The summed E-state index contributed by atoms with van der Waals surface area (Å²) in [6.45, 7) is 5.01. The number of piperazine rings is 1. The van der Waals surface area contributed by atoms with Crippen LogP contribution in [-0.4, -0.2) is 48.1 Å². The van der Waals surface area contributed by atoms with Crippen molar-refractivity contribution in [3.05, 3.63) is 89.4 Å². The molecule has 2 amide bonds. The number of furan rings is 1. The van der Waals surface area contributed by atoms with Crippen LogP contribution >= 0.6 is 0 Å². The summed E-state index contributed by atoms with van der Waals surface area (Å²) in [5.41, 5.74) is 0.357. The molecule has 1 aromatic heterocycles. The van der Waals surface area contributed by atoms with Gasteiger partial charge in [-0.2, -0.15) is 4.31 Å². The van der Waals surface area contributed by atoms with E-state index in [1.807, 2.05) is 37.3 Å². The van der Waals surface area contributed by atoms with Crippen molar-refractivity contribution in [1.82, 2.24) is 14.5 Å². The first kappa shape index (κ1) is 24.7. The number of benzene rings is 2. The maximum atomic E-state index is 13.5. The van der Waals surface area contributed by atoms with E-state index in [1.165, 1.54) is 17.0 Å². The van der Waals surface area contributed by atoms with Crippen molar-refractivity contribution in [2.45, 2.75) is 44.3 Å². The van der Waals surface area contributed by atoms with Crippen molar-refractivity contribution < 1.29 is 22.4 Å². The lowest BCUT2D eigenvalue weighted by atomic mass is 9.95. The summed E-state index contributed by atoms with van der Waals surface area (Å²) in [6, 6.07) is 19.4. The molecule has 9 heteroatoms. The molecule has 1 aliphatic rings. The second-order valence-electron chi connectivity index (χ2n) is 9.02. The largest absolute Gasteiger partial charge is 0.464 e. The van der Waals surface area contributed by atoms with Gasteiger partial charge in [-0.1, -0.05) is 48.0 Å². The molecular weight excluding hydrogens is 466 g/mol. The third kappa shape index (κ3) is 5.16. The Kier molecular flexibility index (Phi) is 6.82. The summed E-state index contributed by atoms with van der Waals surface area (Å²) in [5.74, 6) is 0.288. The minimum atomic E-state index is -3.99. The van der Waals surface area contributed by atoms with Gasteiger partial charge in [0.1, 0.15) is 17.1 Å². The lowest BCUT2D eigenvalue weighted by Gasteiger charge is -2.46. The number of hydrogen-bond acceptors (Lipinski definition) is 5. The van der Waals surface area contributed by atoms with E-state index in [0.717, 1.165) is 15.4 Å². The molecule has 1 N–H and O–H groups in total. The van der Waals surface area contributed by atoms with Crippen molar-refractivity contribution in [3.8, 4) is 0 Å². The molecule has 0 spiro atoms. The second kappa shape index (κ2) is 9.67. The van der Waals surface area contributed by atoms with Crippen molar-refractivity contribution >= 4 is 21.8 Å². The predicted molar refractivity (Wildman–Crippen MR) is 131 cm³/mol. The molecule has 1 aliphatic heterocycles. The summed E-state index contributed by atoms with van der Waals surface area (Å²) < 4.78 is 33.6. The zero-order valence-electron chi connectivity index (χ0n) is 20.0. The zero-order chi connectivity index (χ0) is 25.2. The molecule has 0 unspecified atom stereocenters. The molecule has 8 nitrogen and oxygen atoms in total. The Hall–Kier alpha value is -3.43. The zero-order valence-corrected chi connectivity index (χ0v) is 20.8. The molecule has 0 aliphatic carbocycles. The van der Waals surface area contributed by atoms with Crippen LogP contribution in [0, 0.1) is 13.8 Å². The van der Waals surface area contributed by atoms with Crippen LogP contribution in [0.3, 0.4) is 0 Å². The normalized spacial score (nSPS) is 19.1. The van der Waals surface area contributed by atoms with Gasteiger partial charge < -0.3 is 14.6 Å². The molecule has 1 fully saturated rings. The van der Waals surface area contributed by atoms with Gasteiger partial charge in [0.15, 0.2) is 0 Å². The number of hydrogen-bond donors (Lipinski definition) is 1. The van der Waals surface area contributed by atoms with Gasteiger partial charge in [0.05, 0.1) is 18.0 Å². The van der Waals surface area contributed by atoms with E-state index in [4.69, 9.17) is 4.42 Å². The molecule has 0 radical (unpaired) electrons. The van der Waals surface area contributed by atoms with E-state index >= 15 is 0 Å². The van der Waals surface area contributed by atoms with Crippen LogP contribution in [0.2, 0.25) is 0 Å². The summed E-state index contributed by atoms with van der Waals surface area (Å²) in [5, 5.41) is 2.89. The third-order valence-electron chi connectivity index (χ3n) is 6.25. The van der Waals surface area contributed by atoms with Gasteiger partial charge in [-0.05, 0) is 50.6 Å². The van der Waals surface area contributed by atoms with Crippen LogP contribution in [0.5, 0.6) is 0 Å². The van der Waals surface area contributed by atoms with Gasteiger partial charge in [0, 0.05) is 13.1 Å². The second-order valence-corrected chi connectivity index (χ2v) is 11.0. The van der Waals surface area contributed by atoms with E-state index in [1.54, 1.807) is 38.1 Å². The van der Waals surface area contributed by atoms with E-state index in [9.17, 15) is 18.0 Å². The topological polar surface area (TPSA) is 99.9 Å². The summed E-state index contributed by atoms with van der Waals surface area (Å²) >= 11 is 0. The molecule has 2 heterocycles. The Morgan fingerprint density at radius 1 is 1.03 bits per heavy atom. The molecule has 1 atom stereocenters. The van der Waals surface area contributed by atoms with Crippen LogP contribution in [0.4, 0.5) is 0 Å². The Labute approximate surface area is 205 Å². The SMILES string of the molecule is Cc1ccc(S(=O)(=O)N2CC(=O)N(Cc3ccc(C)o3)[C@](C)(C(=O)NCc3ccccc3)C2)cc1. The molecule has 35 heavy (non-hydrogen) atoms. The fraction of sp³-hybridized carbons (Fsp3) is 0.308. The summed E-state index contributed by atoms with van der Waals surface area (Å²) in [4.78, 5) is 28.4. The minimum absolute atomic E-state index is 0.0559. The Morgan fingerprint density at radius 2 is 1.71 bits per heavy atom. The van der Waals surface area contributed by atoms with E-state index in [0.29, 0.717) is 11.5 Å². The average Bonchev–Trinajstić information content (AvgIpc) is 3.25. The molecule has 0 saturated carbocycles. The van der Waals surface area contributed by atoms with Crippen LogP contribution in [0.15, 0.2) is 76.0 Å². The van der Waals surface area contributed by atoms with E-state index < -0.39 is 27.4 Å². The maximum absolute atomic E-state index is 13.5. The first-order valence-electron chi connectivity index (χ1n) is 11.3. The van der Waals surface area contributed by atoms with Crippen molar-refractivity contribution in [2.75, 3.05) is 13.1 Å². The molecule has 0 bridgehead atoms. The first-order chi connectivity index (χ1) is 16.6. The average molecular weight is 496 g/mol. The number of sulfonamides is 1. The quantitative estimate of drug-likeness (QED) is 0.543. The van der Waals surface area contributed by atoms with Gasteiger partial charge in [-0.3, -0.25) is 9.59 Å². The van der Waals surface area contributed by atoms with Gasteiger partial charge in [-0.25, -0.2) is 8.42 Å². The summed E-state index contributed by atoms with van der Waals surface area (Å²) in [6.07, 6.45) is 0. The lowest BCUT2D eigenvalue weighted by Crippen LogP contribution is -2.69. The number of carbonyl (C=O) groups excluding carboxylic acids is 2. The van der Waals surface area contributed by atoms with Crippen LogP contribution in [0.25, 0.3) is 0 Å². The lowest BCUT2D eigenvalue weighted by molar-refractivity contribution is -0.154. The van der Waals surface area contributed by atoms with Crippen LogP contribution in [0.1, 0.15) is 29.6 Å². The number of nitrogens with one attached hydrogen (secondary N) is 1. The number of amides is 2. The molecule has 2 aromatic carbocycles. The fourth-order valence-corrected chi connectivity index (χ4v) is 5.66. The van der Waals surface area contributed by atoms with Crippen molar-refractivity contribution in [3.63, 3.8) is 0 Å². The molecule has 184 valence electrons. The Bertz CT molecular complexity index is 1320. The number of carbonyl (C=O) groups is 2. The number of nitrogens with zero attached hydrogens (tertiary/aromatic N) is 2. The predicted octanol–water partition coefficient (Wildman–Crippen LogP) is 3.00. The Morgan fingerprint density at radius 3 is 2.34 bits per heavy atom. The highest BCUT2D eigenvalue weighted by Gasteiger charge is 2.50. The highest BCUT2D eigenvalue weighted by atomic mass is 32.2. The standard InChI is InChI=1S/C26H29N3O5S/c1-19-9-13-23(14-10-19)35(32,33)28-17-24(30)29(16-22-12-11-20(2)34-22)26(3,18-28)25(31)27-15-21-7-5-4-6-8-21/h4-14H,15-18H2,1-3H3,(H,27,31)/t26-/m0/s1. The van der Waals surface area contributed by atoms with Gasteiger partial charge >= 0.3 is 0 Å².